The van der Waals surface area contributed by atoms with Gasteiger partial charge in [-0.05, 0) is 41.8 Å². The van der Waals surface area contributed by atoms with Gasteiger partial charge >= 0.3 is 0 Å². The zero-order valence-corrected chi connectivity index (χ0v) is 18.4. The first kappa shape index (κ1) is 20.7. The Morgan fingerprint density at radius 2 is 1.81 bits per heavy atom. The van der Waals surface area contributed by atoms with Crippen LogP contribution in [0, 0.1) is 0 Å². The van der Waals surface area contributed by atoms with Crippen molar-refractivity contribution in [3.63, 3.8) is 0 Å². The Labute approximate surface area is 185 Å². The first-order valence-electron chi connectivity index (χ1n) is 9.76. The summed E-state index contributed by atoms with van der Waals surface area (Å²) >= 11 is 1.63. The van der Waals surface area contributed by atoms with Crippen LogP contribution in [0.5, 0.6) is 11.5 Å². The van der Waals surface area contributed by atoms with Gasteiger partial charge in [-0.3, -0.25) is 4.79 Å². The highest BCUT2D eigenvalue weighted by molar-refractivity contribution is 7.09. The summed E-state index contributed by atoms with van der Waals surface area (Å²) in [6, 6.07) is 19.3. The maximum Gasteiger partial charge on any atom is 0.257 e. The molecule has 0 saturated heterocycles. The van der Waals surface area contributed by atoms with Gasteiger partial charge in [0.2, 0.25) is 0 Å². The fourth-order valence-electron chi connectivity index (χ4n) is 3.35. The van der Waals surface area contributed by atoms with Gasteiger partial charge in [0.15, 0.2) is 11.5 Å². The molecule has 0 aliphatic rings. The van der Waals surface area contributed by atoms with Crippen molar-refractivity contribution in [3.8, 4) is 28.4 Å². The van der Waals surface area contributed by atoms with Crippen LogP contribution in [0.2, 0.25) is 0 Å². The summed E-state index contributed by atoms with van der Waals surface area (Å²) < 4.78 is 12.5. The second-order valence-corrected chi connectivity index (χ2v) is 8.01. The second kappa shape index (κ2) is 9.06. The molecule has 6 nitrogen and oxygen atoms in total. The van der Waals surface area contributed by atoms with E-state index >= 15 is 0 Å². The SMILES string of the molecule is COc1ccc(-c2nn(-c3ccccc3)cc2C(=O)N(C)Cc2cccs2)cc1OC. The fraction of sp³-hybridized carbons (Fsp3) is 0.167. The summed E-state index contributed by atoms with van der Waals surface area (Å²) in [6.07, 6.45) is 1.79. The molecule has 4 rings (SSSR count). The van der Waals surface area contributed by atoms with E-state index in [2.05, 4.69) is 0 Å². The van der Waals surface area contributed by atoms with Crippen LogP contribution in [-0.2, 0) is 6.54 Å². The predicted octanol–water partition coefficient (Wildman–Crippen LogP) is 4.89. The molecular weight excluding hydrogens is 410 g/mol. The third kappa shape index (κ3) is 4.32. The van der Waals surface area contributed by atoms with Crippen molar-refractivity contribution in [2.75, 3.05) is 21.3 Å². The number of hydrogen-bond donors (Lipinski definition) is 0. The number of carbonyl (C=O) groups excluding carboxylic acids is 1. The van der Waals surface area contributed by atoms with Crippen LogP contribution in [0.1, 0.15) is 15.2 Å². The molecule has 158 valence electrons. The lowest BCUT2D eigenvalue weighted by Gasteiger charge is -2.16. The summed E-state index contributed by atoms with van der Waals surface area (Å²) in [7, 11) is 4.99. The smallest absolute Gasteiger partial charge is 0.257 e. The molecule has 0 N–H and O–H groups in total. The Kier molecular flexibility index (Phi) is 6.04. The van der Waals surface area contributed by atoms with E-state index in [0.717, 1.165) is 16.1 Å². The zero-order chi connectivity index (χ0) is 21.8. The number of nitrogens with zero attached hydrogens (tertiary/aromatic N) is 3. The maximum absolute atomic E-state index is 13.4. The first-order chi connectivity index (χ1) is 15.1. The van der Waals surface area contributed by atoms with Gasteiger partial charge in [0.25, 0.3) is 5.91 Å². The Morgan fingerprint density at radius 1 is 1.03 bits per heavy atom. The molecule has 0 unspecified atom stereocenters. The molecule has 1 amide bonds. The van der Waals surface area contributed by atoms with Crippen molar-refractivity contribution in [1.82, 2.24) is 14.7 Å². The Hall–Kier alpha value is -3.58. The molecule has 0 aliphatic heterocycles. The number of carbonyl (C=O) groups is 1. The van der Waals surface area contributed by atoms with E-state index in [0.29, 0.717) is 29.3 Å². The largest absolute Gasteiger partial charge is 0.493 e. The highest BCUT2D eigenvalue weighted by Gasteiger charge is 2.23. The van der Waals surface area contributed by atoms with E-state index in [4.69, 9.17) is 14.6 Å². The average Bonchev–Trinajstić information content (AvgIpc) is 3.49. The highest BCUT2D eigenvalue weighted by Crippen LogP contribution is 2.34. The summed E-state index contributed by atoms with van der Waals surface area (Å²) in [4.78, 5) is 16.2. The first-order valence-corrected chi connectivity index (χ1v) is 10.6. The van der Waals surface area contributed by atoms with Crippen LogP contribution in [0.4, 0.5) is 0 Å². The zero-order valence-electron chi connectivity index (χ0n) is 17.6. The Bertz CT molecular complexity index is 1170. The minimum absolute atomic E-state index is 0.0969. The van der Waals surface area contributed by atoms with Crippen molar-refractivity contribution < 1.29 is 14.3 Å². The van der Waals surface area contributed by atoms with E-state index in [1.165, 1.54) is 0 Å². The molecule has 2 aromatic carbocycles. The average molecular weight is 434 g/mol. The Morgan fingerprint density at radius 3 is 2.48 bits per heavy atom. The second-order valence-electron chi connectivity index (χ2n) is 6.98. The van der Waals surface area contributed by atoms with Gasteiger partial charge in [0.05, 0.1) is 32.0 Å². The molecule has 2 heterocycles. The molecular formula is C24H23N3O3S. The number of ether oxygens (including phenoxy) is 2. The number of para-hydroxylation sites is 1. The van der Waals surface area contributed by atoms with E-state index in [1.807, 2.05) is 66.0 Å². The van der Waals surface area contributed by atoms with Gasteiger partial charge in [-0.2, -0.15) is 5.10 Å². The summed E-state index contributed by atoms with van der Waals surface area (Å²) in [6.45, 7) is 0.540. The Balaban J connectivity index is 1.78. The minimum atomic E-state index is -0.0969. The monoisotopic (exact) mass is 433 g/mol. The lowest BCUT2D eigenvalue weighted by molar-refractivity contribution is 0.0787. The predicted molar refractivity (Wildman–Crippen MR) is 122 cm³/mol. The van der Waals surface area contributed by atoms with Crippen LogP contribution in [0.3, 0.4) is 0 Å². The molecule has 0 atom stereocenters. The summed E-state index contributed by atoms with van der Waals surface area (Å²) in [5.41, 5.74) is 2.77. The van der Waals surface area contributed by atoms with Gasteiger partial charge in [0.1, 0.15) is 5.69 Å². The van der Waals surface area contributed by atoms with Gasteiger partial charge in [-0.1, -0.05) is 24.3 Å². The lowest BCUT2D eigenvalue weighted by Crippen LogP contribution is -2.26. The number of hydrogen-bond acceptors (Lipinski definition) is 5. The van der Waals surface area contributed by atoms with Crippen LogP contribution in [-0.4, -0.2) is 41.9 Å². The van der Waals surface area contributed by atoms with Gasteiger partial charge in [0, 0.05) is 23.7 Å². The highest BCUT2D eigenvalue weighted by atomic mass is 32.1. The van der Waals surface area contributed by atoms with Crippen LogP contribution < -0.4 is 9.47 Å². The van der Waals surface area contributed by atoms with E-state index in [1.54, 1.807) is 48.4 Å². The van der Waals surface area contributed by atoms with Crippen molar-refractivity contribution in [2.45, 2.75) is 6.54 Å². The number of thiophene rings is 1. The third-order valence-electron chi connectivity index (χ3n) is 4.94. The fourth-order valence-corrected chi connectivity index (χ4v) is 4.11. The normalized spacial score (nSPS) is 10.7. The molecule has 2 aromatic heterocycles. The van der Waals surface area contributed by atoms with E-state index in [9.17, 15) is 4.79 Å². The minimum Gasteiger partial charge on any atom is -0.493 e. The molecule has 7 heteroatoms. The summed E-state index contributed by atoms with van der Waals surface area (Å²) in [5.74, 6) is 1.11. The van der Waals surface area contributed by atoms with Gasteiger partial charge < -0.3 is 14.4 Å². The molecule has 0 aliphatic carbocycles. The summed E-state index contributed by atoms with van der Waals surface area (Å²) in [5, 5.41) is 6.77. The quantitative estimate of drug-likeness (QED) is 0.416. The topological polar surface area (TPSA) is 56.6 Å². The molecule has 31 heavy (non-hydrogen) atoms. The van der Waals surface area contributed by atoms with Crippen molar-refractivity contribution in [2.24, 2.45) is 0 Å². The number of amides is 1. The van der Waals surface area contributed by atoms with Crippen molar-refractivity contribution in [3.05, 3.63) is 82.7 Å². The van der Waals surface area contributed by atoms with Crippen LogP contribution in [0.15, 0.2) is 72.2 Å². The van der Waals surface area contributed by atoms with E-state index < -0.39 is 0 Å². The number of aromatic nitrogens is 2. The van der Waals surface area contributed by atoms with Crippen molar-refractivity contribution >= 4 is 17.2 Å². The number of methoxy groups -OCH3 is 2. The van der Waals surface area contributed by atoms with Crippen molar-refractivity contribution in [1.29, 1.82) is 0 Å². The molecule has 0 fully saturated rings. The number of rotatable bonds is 7. The molecule has 0 bridgehead atoms. The van der Waals surface area contributed by atoms with Crippen LogP contribution >= 0.6 is 11.3 Å². The van der Waals surface area contributed by atoms with E-state index in [-0.39, 0.29) is 5.91 Å². The van der Waals surface area contributed by atoms with Crippen LogP contribution in [0.25, 0.3) is 16.9 Å². The standard InChI is InChI=1S/C24H23N3O3S/c1-26(15-19-10-7-13-31-19)24(28)20-16-27(18-8-5-4-6-9-18)25-23(20)17-11-12-21(29-2)22(14-17)30-3/h4-14,16H,15H2,1-3H3. The van der Waals surface area contributed by atoms with Gasteiger partial charge in [-0.15, -0.1) is 11.3 Å². The number of benzene rings is 2. The molecule has 4 aromatic rings. The molecule has 0 saturated carbocycles. The molecule has 0 radical (unpaired) electrons. The molecule has 0 spiro atoms. The van der Waals surface area contributed by atoms with Gasteiger partial charge in [-0.25, -0.2) is 4.68 Å². The maximum atomic E-state index is 13.4. The lowest BCUT2D eigenvalue weighted by atomic mass is 10.1. The third-order valence-corrected chi connectivity index (χ3v) is 5.80.